The van der Waals surface area contributed by atoms with E-state index in [4.69, 9.17) is 4.74 Å². The molecule has 1 fully saturated rings. The molecular weight excluding hydrogens is 290 g/mol. The van der Waals surface area contributed by atoms with Gasteiger partial charge in [0.05, 0.1) is 12.2 Å². The first kappa shape index (κ1) is 15.0. The van der Waals surface area contributed by atoms with Gasteiger partial charge in [-0.3, -0.25) is 0 Å². The lowest BCUT2D eigenvalue weighted by molar-refractivity contribution is 0.0141. The Balaban J connectivity index is 1.66. The molecule has 1 heterocycles. The van der Waals surface area contributed by atoms with Crippen molar-refractivity contribution < 1.29 is 14.6 Å². The average Bonchev–Trinajstić information content (AvgIpc) is 3.36. The van der Waals surface area contributed by atoms with Crippen molar-refractivity contribution in [2.24, 2.45) is 5.92 Å². The molecular formula is C19H25NO3. The van der Waals surface area contributed by atoms with Gasteiger partial charge in [-0.15, -0.1) is 0 Å². The van der Waals surface area contributed by atoms with Crippen LogP contribution in [0.25, 0.3) is 0 Å². The highest BCUT2D eigenvalue weighted by Crippen LogP contribution is 2.54. The minimum Gasteiger partial charge on any atom is -0.450 e. The molecule has 0 saturated heterocycles. The Kier molecular flexibility index (Phi) is 3.60. The number of benzene rings is 1. The SMILES string of the molecule is CCOC(=O)N1CCc2ccc3c(c2CC1)C(O)(C1CC1)CC3. The lowest BCUT2D eigenvalue weighted by Gasteiger charge is -2.27. The normalized spacial score (nSPS) is 26.4. The third-order valence-corrected chi connectivity index (χ3v) is 5.77. The second-order valence-corrected chi connectivity index (χ2v) is 7.12. The maximum Gasteiger partial charge on any atom is 0.409 e. The van der Waals surface area contributed by atoms with Crippen LogP contribution in [0.3, 0.4) is 0 Å². The molecule has 0 spiro atoms. The zero-order valence-electron chi connectivity index (χ0n) is 13.8. The molecule has 4 heteroatoms. The Morgan fingerprint density at radius 3 is 2.74 bits per heavy atom. The van der Waals surface area contributed by atoms with Gasteiger partial charge in [0.15, 0.2) is 0 Å². The van der Waals surface area contributed by atoms with Crippen LogP contribution in [0.4, 0.5) is 4.79 Å². The van der Waals surface area contributed by atoms with Crippen LogP contribution in [0.15, 0.2) is 12.1 Å². The van der Waals surface area contributed by atoms with Crippen molar-refractivity contribution >= 4 is 6.09 Å². The number of amides is 1. The topological polar surface area (TPSA) is 49.8 Å². The standard InChI is InChI=1S/C19H25NO3/c1-2-23-18(21)20-11-8-13-3-4-14-7-10-19(22,15-5-6-15)17(14)16(13)9-12-20/h3-4,15,22H,2,5-12H2,1H3. The van der Waals surface area contributed by atoms with Gasteiger partial charge in [-0.2, -0.15) is 0 Å². The van der Waals surface area contributed by atoms with Crippen molar-refractivity contribution in [1.82, 2.24) is 4.90 Å². The molecule has 4 rings (SSSR count). The molecule has 1 aromatic carbocycles. The van der Waals surface area contributed by atoms with Crippen LogP contribution in [0.5, 0.6) is 0 Å². The van der Waals surface area contributed by atoms with Gasteiger partial charge in [-0.05, 0) is 73.6 Å². The van der Waals surface area contributed by atoms with E-state index >= 15 is 0 Å². The molecule has 1 atom stereocenters. The maximum atomic E-state index is 12.0. The first-order valence-corrected chi connectivity index (χ1v) is 8.91. The molecule has 1 unspecified atom stereocenters. The highest BCUT2D eigenvalue weighted by molar-refractivity contribution is 5.68. The number of hydrogen-bond donors (Lipinski definition) is 1. The van der Waals surface area contributed by atoms with E-state index in [0.717, 1.165) is 38.5 Å². The van der Waals surface area contributed by atoms with Crippen molar-refractivity contribution in [1.29, 1.82) is 0 Å². The van der Waals surface area contributed by atoms with Crippen LogP contribution in [0, 0.1) is 5.92 Å². The number of fused-ring (bicyclic) bond motifs is 3. The Labute approximate surface area is 137 Å². The molecule has 1 aliphatic heterocycles. The van der Waals surface area contributed by atoms with Crippen LogP contribution >= 0.6 is 0 Å². The molecule has 23 heavy (non-hydrogen) atoms. The number of ether oxygens (including phenoxy) is 1. The van der Waals surface area contributed by atoms with Gasteiger partial charge in [-0.25, -0.2) is 4.79 Å². The van der Waals surface area contributed by atoms with E-state index in [2.05, 4.69) is 12.1 Å². The zero-order valence-corrected chi connectivity index (χ0v) is 13.8. The molecule has 124 valence electrons. The van der Waals surface area contributed by atoms with E-state index in [0.29, 0.717) is 25.6 Å². The predicted octanol–water partition coefficient (Wildman–Crippen LogP) is 2.79. The predicted molar refractivity (Wildman–Crippen MR) is 87.4 cm³/mol. The van der Waals surface area contributed by atoms with Gasteiger partial charge in [0.25, 0.3) is 0 Å². The average molecular weight is 315 g/mol. The number of hydrogen-bond acceptors (Lipinski definition) is 3. The Morgan fingerprint density at radius 2 is 2.00 bits per heavy atom. The maximum absolute atomic E-state index is 12.0. The number of carbonyl (C=O) groups excluding carboxylic acids is 1. The fourth-order valence-corrected chi connectivity index (χ4v) is 4.44. The third-order valence-electron chi connectivity index (χ3n) is 5.77. The summed E-state index contributed by atoms with van der Waals surface area (Å²) in [6, 6.07) is 4.41. The Hall–Kier alpha value is -1.55. The van der Waals surface area contributed by atoms with Gasteiger partial charge >= 0.3 is 6.09 Å². The molecule has 3 aliphatic rings. The van der Waals surface area contributed by atoms with Gasteiger partial charge in [0.1, 0.15) is 0 Å². The molecule has 1 saturated carbocycles. The zero-order chi connectivity index (χ0) is 16.0. The minimum atomic E-state index is -0.611. The summed E-state index contributed by atoms with van der Waals surface area (Å²) in [4.78, 5) is 13.8. The molecule has 0 aromatic heterocycles. The van der Waals surface area contributed by atoms with Crippen molar-refractivity contribution in [3.05, 3.63) is 34.4 Å². The molecule has 0 radical (unpaired) electrons. The minimum absolute atomic E-state index is 0.214. The van der Waals surface area contributed by atoms with Crippen molar-refractivity contribution in [2.45, 2.75) is 51.0 Å². The third kappa shape index (κ3) is 2.44. The molecule has 1 N–H and O–H groups in total. The van der Waals surface area contributed by atoms with Crippen LogP contribution in [-0.2, 0) is 29.6 Å². The number of nitrogens with zero attached hydrogens (tertiary/aromatic N) is 1. The highest BCUT2D eigenvalue weighted by Gasteiger charge is 2.50. The summed E-state index contributed by atoms with van der Waals surface area (Å²) in [5, 5.41) is 11.3. The molecule has 1 amide bonds. The smallest absolute Gasteiger partial charge is 0.409 e. The summed E-state index contributed by atoms with van der Waals surface area (Å²) in [6.45, 7) is 3.64. The highest BCUT2D eigenvalue weighted by atomic mass is 16.6. The fourth-order valence-electron chi connectivity index (χ4n) is 4.44. The lowest BCUT2D eigenvalue weighted by atomic mass is 9.84. The number of carbonyl (C=O) groups is 1. The first-order valence-electron chi connectivity index (χ1n) is 8.91. The molecule has 0 bridgehead atoms. The van der Waals surface area contributed by atoms with Gasteiger partial charge in [0.2, 0.25) is 0 Å². The van der Waals surface area contributed by atoms with Crippen LogP contribution < -0.4 is 0 Å². The van der Waals surface area contributed by atoms with Gasteiger partial charge in [-0.1, -0.05) is 12.1 Å². The first-order chi connectivity index (χ1) is 11.1. The van der Waals surface area contributed by atoms with Crippen LogP contribution in [-0.4, -0.2) is 35.8 Å². The Morgan fingerprint density at radius 1 is 1.26 bits per heavy atom. The summed E-state index contributed by atoms with van der Waals surface area (Å²) in [5.41, 5.74) is 4.53. The van der Waals surface area contributed by atoms with Gasteiger partial charge in [0, 0.05) is 13.1 Å². The summed E-state index contributed by atoms with van der Waals surface area (Å²) in [5.74, 6) is 0.444. The monoisotopic (exact) mass is 315 g/mol. The lowest BCUT2D eigenvalue weighted by Crippen LogP contribution is -2.34. The molecule has 1 aromatic rings. The van der Waals surface area contributed by atoms with Crippen molar-refractivity contribution in [2.75, 3.05) is 19.7 Å². The second kappa shape index (κ2) is 5.52. The second-order valence-electron chi connectivity index (χ2n) is 7.12. The van der Waals surface area contributed by atoms with E-state index < -0.39 is 5.60 Å². The largest absolute Gasteiger partial charge is 0.450 e. The van der Waals surface area contributed by atoms with E-state index in [-0.39, 0.29) is 6.09 Å². The Bertz CT molecular complexity index is 638. The van der Waals surface area contributed by atoms with E-state index in [1.807, 2.05) is 6.92 Å². The van der Waals surface area contributed by atoms with Crippen molar-refractivity contribution in [3.63, 3.8) is 0 Å². The molecule has 2 aliphatic carbocycles. The number of aryl methyl sites for hydroxylation is 1. The van der Waals surface area contributed by atoms with E-state index in [9.17, 15) is 9.90 Å². The summed E-state index contributed by atoms with van der Waals surface area (Å²) < 4.78 is 5.16. The quantitative estimate of drug-likeness (QED) is 0.913. The number of aliphatic hydroxyl groups is 1. The number of rotatable bonds is 2. The fraction of sp³-hybridized carbons (Fsp3) is 0.632. The van der Waals surface area contributed by atoms with Crippen LogP contribution in [0.1, 0.15) is 48.4 Å². The molecule has 4 nitrogen and oxygen atoms in total. The summed E-state index contributed by atoms with van der Waals surface area (Å²) in [6.07, 6.45) is 5.61. The van der Waals surface area contributed by atoms with Crippen molar-refractivity contribution in [3.8, 4) is 0 Å². The van der Waals surface area contributed by atoms with Gasteiger partial charge < -0.3 is 14.7 Å². The summed E-state index contributed by atoms with van der Waals surface area (Å²) in [7, 11) is 0. The van der Waals surface area contributed by atoms with E-state index in [1.165, 1.54) is 22.3 Å². The summed E-state index contributed by atoms with van der Waals surface area (Å²) >= 11 is 0. The van der Waals surface area contributed by atoms with Crippen LogP contribution in [0.2, 0.25) is 0 Å². The van der Waals surface area contributed by atoms with E-state index in [1.54, 1.807) is 4.90 Å².